The van der Waals surface area contributed by atoms with Crippen molar-refractivity contribution in [1.82, 2.24) is 0 Å². The smallest absolute Gasteiger partial charge is 0.312 e. The van der Waals surface area contributed by atoms with Gasteiger partial charge in [0.05, 0.1) is 12.0 Å². The van der Waals surface area contributed by atoms with Crippen LogP contribution in [0, 0.1) is 5.41 Å². The first-order chi connectivity index (χ1) is 13.7. The summed E-state index contributed by atoms with van der Waals surface area (Å²) in [7, 11) is 1.44. The number of methoxy groups -OCH3 is 1. The van der Waals surface area contributed by atoms with Crippen LogP contribution in [-0.2, 0) is 38.0 Å². The molecule has 8 heteroatoms. The van der Waals surface area contributed by atoms with Gasteiger partial charge in [0, 0.05) is 12.7 Å². The average molecular weight is 406 g/mol. The van der Waals surface area contributed by atoms with E-state index in [0.717, 1.165) is 5.56 Å². The largest absolute Gasteiger partial charge is 0.455 e. The minimum atomic E-state index is -1.34. The molecule has 0 aromatic heterocycles. The van der Waals surface area contributed by atoms with Crippen molar-refractivity contribution in [3.8, 4) is 0 Å². The highest BCUT2D eigenvalue weighted by molar-refractivity contribution is 5.76. The SMILES string of the molecule is CO[C@]12CC(=O)O[C@H]1[C@@H](OC(=O)C(C)(C)C)[C@@H]1OC(c3ccccc3)OC[C@H]1O2. The summed E-state index contributed by atoms with van der Waals surface area (Å²) < 4.78 is 35.0. The molecule has 0 N–H and O–H groups in total. The second-order valence-corrected chi connectivity index (χ2v) is 8.56. The van der Waals surface area contributed by atoms with Gasteiger partial charge >= 0.3 is 11.9 Å². The number of hydrogen-bond donors (Lipinski definition) is 0. The highest BCUT2D eigenvalue weighted by Crippen LogP contribution is 2.45. The number of hydrogen-bond acceptors (Lipinski definition) is 8. The third kappa shape index (κ3) is 3.66. The minimum Gasteiger partial charge on any atom is -0.455 e. The molecule has 3 aliphatic heterocycles. The van der Waals surface area contributed by atoms with E-state index in [0.29, 0.717) is 0 Å². The van der Waals surface area contributed by atoms with Crippen molar-refractivity contribution in [2.75, 3.05) is 13.7 Å². The first-order valence-corrected chi connectivity index (χ1v) is 9.69. The lowest BCUT2D eigenvalue weighted by Crippen LogP contribution is -2.67. The number of rotatable bonds is 3. The fourth-order valence-corrected chi connectivity index (χ4v) is 3.82. The van der Waals surface area contributed by atoms with E-state index in [-0.39, 0.29) is 13.0 Å². The number of fused-ring (bicyclic) bond motifs is 2. The molecule has 3 aliphatic rings. The molecule has 3 heterocycles. The molecule has 29 heavy (non-hydrogen) atoms. The molecule has 8 nitrogen and oxygen atoms in total. The molecule has 0 amide bonds. The van der Waals surface area contributed by atoms with Gasteiger partial charge < -0.3 is 28.4 Å². The Morgan fingerprint density at radius 3 is 2.59 bits per heavy atom. The van der Waals surface area contributed by atoms with Crippen LogP contribution < -0.4 is 0 Å². The Hall–Kier alpha value is -2.00. The lowest BCUT2D eigenvalue weighted by atomic mass is 9.90. The maximum atomic E-state index is 12.7. The van der Waals surface area contributed by atoms with Crippen molar-refractivity contribution in [3.63, 3.8) is 0 Å². The Morgan fingerprint density at radius 1 is 1.21 bits per heavy atom. The fourth-order valence-electron chi connectivity index (χ4n) is 3.82. The molecule has 158 valence electrons. The van der Waals surface area contributed by atoms with Gasteiger partial charge in [-0.1, -0.05) is 30.3 Å². The summed E-state index contributed by atoms with van der Waals surface area (Å²) in [4.78, 5) is 24.8. The Labute approximate surface area is 169 Å². The molecule has 3 fully saturated rings. The molecule has 1 unspecified atom stereocenters. The van der Waals surface area contributed by atoms with Crippen LogP contribution in [0.3, 0.4) is 0 Å². The van der Waals surface area contributed by atoms with Crippen molar-refractivity contribution >= 4 is 11.9 Å². The van der Waals surface area contributed by atoms with Crippen LogP contribution in [0.5, 0.6) is 0 Å². The first-order valence-electron chi connectivity index (χ1n) is 9.69. The van der Waals surface area contributed by atoms with Crippen molar-refractivity contribution in [2.24, 2.45) is 5.41 Å². The van der Waals surface area contributed by atoms with Gasteiger partial charge in [0.25, 0.3) is 0 Å². The maximum absolute atomic E-state index is 12.7. The molecule has 1 aromatic rings. The summed E-state index contributed by atoms with van der Waals surface area (Å²) in [6.45, 7) is 5.47. The van der Waals surface area contributed by atoms with E-state index in [1.54, 1.807) is 20.8 Å². The van der Waals surface area contributed by atoms with Gasteiger partial charge in [0.15, 0.2) is 18.5 Å². The van der Waals surface area contributed by atoms with E-state index >= 15 is 0 Å². The summed E-state index contributed by atoms with van der Waals surface area (Å²) in [6.07, 6.45) is -3.82. The zero-order valence-electron chi connectivity index (χ0n) is 17.0. The summed E-state index contributed by atoms with van der Waals surface area (Å²) in [6, 6.07) is 9.45. The molecule has 0 bridgehead atoms. The van der Waals surface area contributed by atoms with Crippen molar-refractivity contribution in [1.29, 1.82) is 0 Å². The average Bonchev–Trinajstić information content (AvgIpc) is 3.03. The zero-order valence-corrected chi connectivity index (χ0v) is 17.0. The normalized spacial score (nSPS) is 36.7. The van der Waals surface area contributed by atoms with Crippen LogP contribution >= 0.6 is 0 Å². The van der Waals surface area contributed by atoms with E-state index in [9.17, 15) is 9.59 Å². The van der Waals surface area contributed by atoms with E-state index in [4.69, 9.17) is 28.4 Å². The number of esters is 2. The number of benzene rings is 1. The Morgan fingerprint density at radius 2 is 1.93 bits per heavy atom. The van der Waals surface area contributed by atoms with Gasteiger partial charge in [-0.05, 0) is 20.8 Å². The summed E-state index contributed by atoms with van der Waals surface area (Å²) in [5.74, 6) is -2.25. The van der Waals surface area contributed by atoms with Gasteiger partial charge in [-0.3, -0.25) is 9.59 Å². The third-order valence-electron chi connectivity index (χ3n) is 5.39. The highest BCUT2D eigenvalue weighted by Gasteiger charge is 2.65. The van der Waals surface area contributed by atoms with Crippen LogP contribution in [0.4, 0.5) is 0 Å². The van der Waals surface area contributed by atoms with Crippen LogP contribution in [-0.4, -0.2) is 55.9 Å². The quantitative estimate of drug-likeness (QED) is 0.705. The van der Waals surface area contributed by atoms with Gasteiger partial charge in [0.1, 0.15) is 18.6 Å². The van der Waals surface area contributed by atoms with Crippen LogP contribution in [0.1, 0.15) is 39.0 Å². The Bertz CT molecular complexity index is 773. The second-order valence-electron chi connectivity index (χ2n) is 8.56. The summed E-state index contributed by atoms with van der Waals surface area (Å²) >= 11 is 0. The second kappa shape index (κ2) is 7.36. The molecule has 3 saturated heterocycles. The third-order valence-corrected chi connectivity index (χ3v) is 5.39. The lowest BCUT2D eigenvalue weighted by molar-refractivity contribution is -0.385. The highest BCUT2D eigenvalue weighted by atomic mass is 16.8. The van der Waals surface area contributed by atoms with Gasteiger partial charge in [-0.2, -0.15) is 0 Å². The molecule has 4 rings (SSSR count). The summed E-state index contributed by atoms with van der Waals surface area (Å²) in [5.41, 5.74) is 0.0923. The van der Waals surface area contributed by atoms with Crippen LogP contribution in [0.2, 0.25) is 0 Å². The molecule has 1 aromatic carbocycles. The predicted octanol–water partition coefficient (Wildman–Crippen LogP) is 2.12. The minimum absolute atomic E-state index is 0.0942. The molecule has 6 atom stereocenters. The topological polar surface area (TPSA) is 89.5 Å². The van der Waals surface area contributed by atoms with Gasteiger partial charge in [0.2, 0.25) is 5.79 Å². The monoisotopic (exact) mass is 406 g/mol. The number of ether oxygens (including phenoxy) is 6. The fraction of sp³-hybridized carbons (Fsp3) is 0.619. The van der Waals surface area contributed by atoms with Crippen LogP contribution in [0.15, 0.2) is 30.3 Å². The van der Waals surface area contributed by atoms with E-state index in [2.05, 4.69) is 0 Å². The molecule has 0 saturated carbocycles. The van der Waals surface area contributed by atoms with Crippen LogP contribution in [0.25, 0.3) is 0 Å². The van der Waals surface area contributed by atoms with Crippen molar-refractivity contribution in [3.05, 3.63) is 35.9 Å². The standard InChI is InChI=1S/C21H26O8/c1-20(2,3)19(23)28-16-15-13(29-21(24-4)10-14(22)26-17(16)21)11-25-18(27-15)12-8-6-5-7-9-12/h5-9,13,15-18H,10-11H2,1-4H3/t13-,15-,16+,17+,18?,21+/m1/s1. The number of carbonyl (C=O) groups is 2. The van der Waals surface area contributed by atoms with Crippen molar-refractivity contribution in [2.45, 2.75) is 63.7 Å². The van der Waals surface area contributed by atoms with Gasteiger partial charge in [-0.25, -0.2) is 0 Å². The molecular formula is C21H26O8. The molecule has 0 radical (unpaired) electrons. The molecule has 0 aliphatic carbocycles. The molecule has 0 spiro atoms. The summed E-state index contributed by atoms with van der Waals surface area (Å²) in [5, 5.41) is 0. The molecular weight excluding hydrogens is 380 g/mol. The van der Waals surface area contributed by atoms with E-state index < -0.39 is 53.8 Å². The predicted molar refractivity (Wildman–Crippen MR) is 98.5 cm³/mol. The first kappa shape index (κ1) is 20.3. The Kier molecular flexibility index (Phi) is 5.14. The van der Waals surface area contributed by atoms with Gasteiger partial charge in [-0.15, -0.1) is 0 Å². The number of carbonyl (C=O) groups excluding carboxylic acids is 2. The van der Waals surface area contributed by atoms with E-state index in [1.165, 1.54) is 7.11 Å². The van der Waals surface area contributed by atoms with E-state index in [1.807, 2.05) is 30.3 Å². The zero-order chi connectivity index (χ0) is 20.8. The van der Waals surface area contributed by atoms with Crippen molar-refractivity contribution < 1.29 is 38.0 Å². The Balaban J connectivity index is 1.65. The maximum Gasteiger partial charge on any atom is 0.312 e. The lowest BCUT2D eigenvalue weighted by Gasteiger charge is -2.50.